The summed E-state index contributed by atoms with van der Waals surface area (Å²) in [6.07, 6.45) is 1.57. The van der Waals surface area contributed by atoms with Gasteiger partial charge in [0.05, 0.1) is 12.3 Å². The number of ether oxygens (including phenoxy) is 1. The summed E-state index contributed by atoms with van der Waals surface area (Å²) in [6, 6.07) is 46.6. The van der Waals surface area contributed by atoms with Crippen molar-refractivity contribution in [2.24, 2.45) is 0 Å². The second-order valence-corrected chi connectivity index (χ2v) is 10.2. The Morgan fingerprint density at radius 3 is 1.76 bits per heavy atom. The van der Waals surface area contributed by atoms with Crippen LogP contribution in [0.3, 0.4) is 0 Å². The van der Waals surface area contributed by atoms with Gasteiger partial charge in [-0.25, -0.2) is 0 Å². The van der Waals surface area contributed by atoms with Crippen LogP contribution in [-0.2, 0) is 11.3 Å². The van der Waals surface area contributed by atoms with Crippen LogP contribution in [0, 0.1) is 0 Å². The molecular formula is C31H26NOP. The third-order valence-corrected chi connectivity index (χ3v) is 8.22. The molecule has 0 N–H and O–H groups in total. The van der Waals surface area contributed by atoms with E-state index in [-0.39, 0.29) is 6.10 Å². The molecule has 0 bridgehead atoms. The molecule has 0 amide bonds. The Morgan fingerprint density at radius 2 is 1.15 bits per heavy atom. The largest absolute Gasteiger partial charge is 0.362 e. The molecule has 166 valence electrons. The topological polar surface area (TPSA) is 22.1 Å². The summed E-state index contributed by atoms with van der Waals surface area (Å²) in [4.78, 5) is 4.70. The molecule has 3 heteroatoms. The lowest BCUT2D eigenvalue weighted by Crippen LogP contribution is -2.25. The highest BCUT2D eigenvalue weighted by atomic mass is 31.1. The van der Waals surface area contributed by atoms with E-state index >= 15 is 0 Å². The molecule has 2 nitrogen and oxygen atoms in total. The predicted octanol–water partition coefficient (Wildman–Crippen LogP) is 6.15. The number of rotatable bonds is 8. The fourth-order valence-corrected chi connectivity index (χ4v) is 6.59. The Balaban J connectivity index is 1.62. The van der Waals surface area contributed by atoms with Crippen LogP contribution in [0.2, 0.25) is 0 Å². The zero-order chi connectivity index (χ0) is 23.0. The fourth-order valence-electron chi connectivity index (χ4n) is 4.11. The second kappa shape index (κ2) is 11.0. The molecular weight excluding hydrogens is 433 g/mol. The molecule has 1 atom stereocenters. The molecule has 5 aromatic rings. The fraction of sp³-hybridized carbons (Fsp3) is 0.0645. The van der Waals surface area contributed by atoms with E-state index < -0.39 is 7.92 Å². The van der Waals surface area contributed by atoms with Gasteiger partial charge in [0.25, 0.3) is 0 Å². The van der Waals surface area contributed by atoms with Gasteiger partial charge in [-0.2, -0.15) is 0 Å². The van der Waals surface area contributed by atoms with Crippen LogP contribution in [0.4, 0.5) is 0 Å². The Bertz CT molecular complexity index is 1260. The van der Waals surface area contributed by atoms with E-state index in [1.54, 1.807) is 0 Å². The highest BCUT2D eigenvalue weighted by molar-refractivity contribution is 7.79. The molecule has 0 radical (unpaired) electrons. The van der Waals surface area contributed by atoms with Gasteiger partial charge in [0, 0.05) is 6.20 Å². The lowest BCUT2D eigenvalue weighted by Gasteiger charge is -2.26. The average Bonchev–Trinajstić information content (AvgIpc) is 2.92. The predicted molar refractivity (Wildman–Crippen MR) is 142 cm³/mol. The summed E-state index contributed by atoms with van der Waals surface area (Å²) >= 11 is 0. The molecule has 1 aromatic heterocycles. The SMILES string of the molecule is c1ccc(CO[C@H](c2ccccn2)c2ccccc2P(c2ccccc2)c2ccccc2)cc1. The van der Waals surface area contributed by atoms with Crippen molar-refractivity contribution in [1.82, 2.24) is 4.98 Å². The van der Waals surface area contributed by atoms with E-state index in [1.807, 2.05) is 36.5 Å². The van der Waals surface area contributed by atoms with E-state index in [0.717, 1.165) is 16.8 Å². The summed E-state index contributed by atoms with van der Waals surface area (Å²) in [5.74, 6) is 0. The zero-order valence-electron chi connectivity index (χ0n) is 18.9. The van der Waals surface area contributed by atoms with E-state index in [2.05, 4.69) is 103 Å². The number of hydrogen-bond acceptors (Lipinski definition) is 2. The average molecular weight is 460 g/mol. The van der Waals surface area contributed by atoms with E-state index in [1.165, 1.54) is 15.9 Å². The van der Waals surface area contributed by atoms with E-state index in [9.17, 15) is 0 Å². The van der Waals surface area contributed by atoms with Crippen molar-refractivity contribution < 1.29 is 4.74 Å². The summed E-state index contributed by atoms with van der Waals surface area (Å²) < 4.78 is 6.61. The van der Waals surface area contributed by atoms with Crippen LogP contribution in [0.15, 0.2) is 140 Å². The molecule has 4 aromatic carbocycles. The van der Waals surface area contributed by atoms with Gasteiger partial charge in [0.2, 0.25) is 0 Å². The summed E-state index contributed by atoms with van der Waals surface area (Å²) in [6.45, 7) is 0.519. The van der Waals surface area contributed by atoms with Gasteiger partial charge in [-0.1, -0.05) is 121 Å². The minimum Gasteiger partial charge on any atom is -0.362 e. The van der Waals surface area contributed by atoms with Crippen molar-refractivity contribution in [2.45, 2.75) is 12.7 Å². The first-order valence-electron chi connectivity index (χ1n) is 11.5. The van der Waals surface area contributed by atoms with Gasteiger partial charge in [0.15, 0.2) is 0 Å². The van der Waals surface area contributed by atoms with Crippen LogP contribution in [-0.4, -0.2) is 4.98 Å². The van der Waals surface area contributed by atoms with Crippen molar-refractivity contribution in [1.29, 1.82) is 0 Å². The molecule has 0 spiro atoms. The van der Waals surface area contributed by atoms with E-state index in [4.69, 9.17) is 9.72 Å². The molecule has 0 saturated heterocycles. The first kappa shape index (κ1) is 22.2. The van der Waals surface area contributed by atoms with Gasteiger partial charge in [-0.05, 0) is 47.1 Å². The third kappa shape index (κ3) is 5.15. The molecule has 0 unspecified atom stereocenters. The highest BCUT2D eigenvalue weighted by Gasteiger charge is 2.25. The minimum atomic E-state index is -0.762. The highest BCUT2D eigenvalue weighted by Crippen LogP contribution is 2.37. The molecule has 0 saturated carbocycles. The third-order valence-electron chi connectivity index (χ3n) is 5.70. The van der Waals surface area contributed by atoms with Crippen molar-refractivity contribution >= 4 is 23.8 Å². The lowest BCUT2D eigenvalue weighted by atomic mass is 10.1. The van der Waals surface area contributed by atoms with Gasteiger partial charge in [-0.15, -0.1) is 0 Å². The Hall–Kier alpha value is -3.58. The molecule has 5 rings (SSSR count). The van der Waals surface area contributed by atoms with E-state index in [0.29, 0.717) is 6.61 Å². The molecule has 34 heavy (non-hydrogen) atoms. The van der Waals surface area contributed by atoms with Gasteiger partial charge < -0.3 is 4.74 Å². The Morgan fingerprint density at radius 1 is 0.588 bits per heavy atom. The number of benzene rings is 4. The molecule has 0 aliphatic rings. The molecule has 0 aliphatic carbocycles. The standard InChI is InChI=1S/C31H26NOP/c1-4-14-25(15-5-1)24-33-31(29-21-12-13-23-32-29)28-20-10-11-22-30(28)34(26-16-6-2-7-17-26)27-18-8-3-9-19-27/h1-23,31H,24H2/t31-/m0/s1. The van der Waals surface area contributed by atoms with Gasteiger partial charge in [-0.3, -0.25) is 4.98 Å². The number of hydrogen-bond donors (Lipinski definition) is 0. The molecule has 0 aliphatic heterocycles. The Labute approximate surface area is 202 Å². The monoisotopic (exact) mass is 459 g/mol. The lowest BCUT2D eigenvalue weighted by molar-refractivity contribution is 0.0646. The van der Waals surface area contributed by atoms with Crippen LogP contribution < -0.4 is 15.9 Å². The Kier molecular flexibility index (Phi) is 7.21. The first-order valence-corrected chi connectivity index (χ1v) is 12.8. The van der Waals surface area contributed by atoms with Gasteiger partial charge in [0.1, 0.15) is 6.10 Å². The maximum atomic E-state index is 6.61. The van der Waals surface area contributed by atoms with Crippen LogP contribution in [0.5, 0.6) is 0 Å². The van der Waals surface area contributed by atoms with Crippen molar-refractivity contribution in [3.8, 4) is 0 Å². The number of pyridine rings is 1. The number of nitrogens with zero attached hydrogens (tertiary/aromatic N) is 1. The normalized spacial score (nSPS) is 11.9. The summed E-state index contributed by atoms with van der Waals surface area (Å²) in [5, 5.41) is 3.93. The smallest absolute Gasteiger partial charge is 0.126 e. The van der Waals surface area contributed by atoms with Crippen LogP contribution in [0.25, 0.3) is 0 Å². The quantitative estimate of drug-likeness (QED) is 0.260. The van der Waals surface area contributed by atoms with Crippen LogP contribution in [0.1, 0.15) is 22.9 Å². The summed E-state index contributed by atoms with van der Waals surface area (Å²) in [7, 11) is -0.762. The maximum Gasteiger partial charge on any atom is 0.126 e. The van der Waals surface area contributed by atoms with Crippen molar-refractivity contribution in [2.75, 3.05) is 0 Å². The summed E-state index contributed by atoms with van der Waals surface area (Å²) in [5.41, 5.74) is 3.23. The molecule has 1 heterocycles. The van der Waals surface area contributed by atoms with Crippen molar-refractivity contribution in [3.05, 3.63) is 156 Å². The van der Waals surface area contributed by atoms with Crippen LogP contribution >= 0.6 is 7.92 Å². The number of aromatic nitrogens is 1. The zero-order valence-corrected chi connectivity index (χ0v) is 19.8. The van der Waals surface area contributed by atoms with Crippen molar-refractivity contribution in [3.63, 3.8) is 0 Å². The second-order valence-electron chi connectivity index (χ2n) is 8.00. The van der Waals surface area contributed by atoms with Gasteiger partial charge >= 0.3 is 0 Å². The molecule has 0 fully saturated rings. The first-order chi connectivity index (χ1) is 16.9. The maximum absolute atomic E-state index is 6.61. The minimum absolute atomic E-state index is 0.268.